The molecule has 1 aromatic heterocycles. The van der Waals surface area contributed by atoms with E-state index in [0.717, 1.165) is 16.5 Å². The third-order valence-corrected chi connectivity index (χ3v) is 2.39. The topological polar surface area (TPSA) is 75.3 Å². The van der Waals surface area contributed by atoms with Gasteiger partial charge >= 0.3 is 0 Å². The van der Waals surface area contributed by atoms with E-state index < -0.39 is 0 Å². The summed E-state index contributed by atoms with van der Waals surface area (Å²) in [5.41, 5.74) is 3.47. The molecule has 0 aliphatic carbocycles. The van der Waals surface area contributed by atoms with Crippen molar-refractivity contribution in [3.63, 3.8) is 0 Å². The fourth-order valence-corrected chi connectivity index (χ4v) is 1.63. The Hall–Kier alpha value is -2.14. The van der Waals surface area contributed by atoms with Crippen LogP contribution in [0.5, 0.6) is 0 Å². The lowest BCUT2D eigenvalue weighted by molar-refractivity contribution is 0.986. The molecule has 5 heteroatoms. The monoisotopic (exact) mass is 229 g/mol. The molecule has 1 aromatic carbocycles. The first kappa shape index (κ1) is 11.3. The molecule has 1 heterocycles. The van der Waals surface area contributed by atoms with Gasteiger partial charge < -0.3 is 5.32 Å². The Kier molecular flexibility index (Phi) is 3.52. The average Bonchev–Trinajstić information content (AvgIpc) is 2.38. The minimum Gasteiger partial charge on any atom is -0.325 e. The summed E-state index contributed by atoms with van der Waals surface area (Å²) in [6, 6.07) is 7.94. The number of aliphatic imine (C=N–C) groups is 1. The number of hydrogen-bond acceptors (Lipinski definition) is 3. The van der Waals surface area contributed by atoms with E-state index in [-0.39, 0.29) is 0 Å². The smallest absolute Gasteiger partial charge is 0.210 e. The van der Waals surface area contributed by atoms with Gasteiger partial charge in [-0.1, -0.05) is 12.1 Å². The zero-order chi connectivity index (χ0) is 12.1. The fraction of sp³-hybridized carbons (Fsp3) is 0.167. The molecule has 0 aliphatic rings. The van der Waals surface area contributed by atoms with Gasteiger partial charge in [0, 0.05) is 24.3 Å². The molecule has 0 bridgehead atoms. The summed E-state index contributed by atoms with van der Waals surface area (Å²) in [4.78, 5) is 8.31. The largest absolute Gasteiger partial charge is 0.325 e. The zero-order valence-corrected chi connectivity index (χ0v) is 9.64. The molecule has 0 spiro atoms. The summed E-state index contributed by atoms with van der Waals surface area (Å²) in [7, 11) is 0. The maximum Gasteiger partial charge on any atom is 0.210 e. The lowest BCUT2D eigenvalue weighted by atomic mass is 10.1. The number of aromatic nitrogens is 1. The van der Waals surface area contributed by atoms with Crippen molar-refractivity contribution in [2.45, 2.75) is 6.92 Å². The van der Waals surface area contributed by atoms with Crippen molar-refractivity contribution in [2.24, 2.45) is 10.8 Å². The number of hydrazine groups is 1. The van der Waals surface area contributed by atoms with Crippen LogP contribution in [0, 0.1) is 0 Å². The normalized spacial score (nSPS) is 11.5. The summed E-state index contributed by atoms with van der Waals surface area (Å²) >= 11 is 0. The van der Waals surface area contributed by atoms with E-state index in [1.54, 1.807) is 6.20 Å². The first-order valence-corrected chi connectivity index (χ1v) is 5.46. The number of hydrogen-bond donors (Lipinski definition) is 3. The molecule has 4 N–H and O–H groups in total. The van der Waals surface area contributed by atoms with Gasteiger partial charge in [-0.15, -0.1) is 0 Å². The summed E-state index contributed by atoms with van der Waals surface area (Å²) in [5, 5.41) is 5.31. The zero-order valence-electron chi connectivity index (χ0n) is 9.64. The molecular formula is C12H15N5. The van der Waals surface area contributed by atoms with Gasteiger partial charge in [0.05, 0.1) is 5.69 Å². The predicted molar refractivity (Wildman–Crippen MR) is 70.7 cm³/mol. The molecule has 5 nitrogen and oxygen atoms in total. The van der Waals surface area contributed by atoms with Gasteiger partial charge in [-0.3, -0.25) is 15.4 Å². The molecule has 0 radical (unpaired) electrons. The summed E-state index contributed by atoms with van der Waals surface area (Å²) in [6.45, 7) is 2.61. The van der Waals surface area contributed by atoms with E-state index >= 15 is 0 Å². The van der Waals surface area contributed by atoms with E-state index in [9.17, 15) is 0 Å². The molecule has 0 saturated carbocycles. The van der Waals surface area contributed by atoms with Crippen LogP contribution in [0.3, 0.4) is 0 Å². The van der Waals surface area contributed by atoms with Crippen molar-refractivity contribution in [1.82, 2.24) is 10.4 Å². The first-order chi connectivity index (χ1) is 8.35. The lowest BCUT2D eigenvalue weighted by Crippen LogP contribution is -2.36. The van der Waals surface area contributed by atoms with Crippen LogP contribution in [0.15, 0.2) is 41.7 Å². The molecule has 2 aromatic rings. The van der Waals surface area contributed by atoms with Gasteiger partial charge in [0.2, 0.25) is 5.96 Å². The molecule has 0 atom stereocenters. The predicted octanol–water partition coefficient (Wildman–Crippen LogP) is 1.49. The fourth-order valence-electron chi connectivity index (χ4n) is 1.63. The Labute approximate surface area is 99.7 Å². The molecule has 0 saturated heterocycles. The number of nitrogens with one attached hydrogen (secondary N) is 2. The van der Waals surface area contributed by atoms with Gasteiger partial charge in [0.1, 0.15) is 0 Å². The Morgan fingerprint density at radius 2 is 2.29 bits per heavy atom. The van der Waals surface area contributed by atoms with Crippen LogP contribution in [-0.4, -0.2) is 17.5 Å². The minimum absolute atomic E-state index is 0.545. The van der Waals surface area contributed by atoms with Gasteiger partial charge in [-0.25, -0.2) is 5.84 Å². The highest BCUT2D eigenvalue weighted by molar-refractivity contribution is 6.02. The van der Waals surface area contributed by atoms with Crippen molar-refractivity contribution in [1.29, 1.82) is 0 Å². The SMILES string of the molecule is CCN=C(NN)Nc1cccc2ccncc12. The van der Waals surface area contributed by atoms with Crippen molar-refractivity contribution in [2.75, 3.05) is 11.9 Å². The average molecular weight is 229 g/mol. The Balaban J connectivity index is 2.39. The van der Waals surface area contributed by atoms with Crippen LogP contribution in [-0.2, 0) is 0 Å². The van der Waals surface area contributed by atoms with Gasteiger partial charge in [-0.2, -0.15) is 0 Å². The molecule has 0 aliphatic heterocycles. The van der Waals surface area contributed by atoms with Gasteiger partial charge in [0.15, 0.2) is 0 Å². The number of nitrogens with two attached hydrogens (primary N) is 1. The maximum atomic E-state index is 5.39. The standard InChI is InChI=1S/C12H15N5/c1-2-15-12(17-13)16-11-5-3-4-9-6-7-14-8-10(9)11/h3-8H,2,13H2,1H3,(H2,15,16,17). The number of guanidine groups is 1. The summed E-state index contributed by atoms with van der Waals surface area (Å²) in [5.74, 6) is 5.94. The molecule has 88 valence electrons. The molecule has 0 unspecified atom stereocenters. The minimum atomic E-state index is 0.545. The number of rotatable bonds is 2. The lowest BCUT2D eigenvalue weighted by Gasteiger charge is -2.10. The number of anilines is 1. The Morgan fingerprint density at radius 3 is 3.06 bits per heavy atom. The van der Waals surface area contributed by atoms with Crippen molar-refractivity contribution >= 4 is 22.4 Å². The number of pyridine rings is 1. The molecule has 0 fully saturated rings. The quantitative estimate of drug-likeness (QED) is 0.315. The Morgan fingerprint density at radius 1 is 1.41 bits per heavy atom. The highest BCUT2D eigenvalue weighted by atomic mass is 15.3. The van der Waals surface area contributed by atoms with Crippen LogP contribution in [0.25, 0.3) is 10.8 Å². The highest BCUT2D eigenvalue weighted by Gasteiger charge is 2.02. The number of fused-ring (bicyclic) bond motifs is 1. The molecule has 0 amide bonds. The van der Waals surface area contributed by atoms with Crippen molar-refractivity contribution in [3.05, 3.63) is 36.7 Å². The van der Waals surface area contributed by atoms with Crippen LogP contribution in [0.1, 0.15) is 6.92 Å². The van der Waals surface area contributed by atoms with E-state index in [1.165, 1.54) is 0 Å². The van der Waals surface area contributed by atoms with Gasteiger partial charge in [0.25, 0.3) is 0 Å². The molecule has 17 heavy (non-hydrogen) atoms. The van der Waals surface area contributed by atoms with Crippen LogP contribution in [0.4, 0.5) is 5.69 Å². The third kappa shape index (κ3) is 2.51. The second kappa shape index (κ2) is 5.27. The molecule has 2 rings (SSSR count). The first-order valence-electron chi connectivity index (χ1n) is 5.46. The second-order valence-corrected chi connectivity index (χ2v) is 3.49. The van der Waals surface area contributed by atoms with E-state index in [2.05, 4.69) is 20.7 Å². The van der Waals surface area contributed by atoms with E-state index in [1.807, 2.05) is 37.4 Å². The molecular weight excluding hydrogens is 214 g/mol. The van der Waals surface area contributed by atoms with Crippen LogP contribution in [0.2, 0.25) is 0 Å². The van der Waals surface area contributed by atoms with E-state index in [0.29, 0.717) is 12.5 Å². The summed E-state index contributed by atoms with van der Waals surface area (Å²) < 4.78 is 0. The summed E-state index contributed by atoms with van der Waals surface area (Å²) in [6.07, 6.45) is 3.59. The van der Waals surface area contributed by atoms with E-state index in [4.69, 9.17) is 5.84 Å². The Bertz CT molecular complexity index is 530. The second-order valence-electron chi connectivity index (χ2n) is 3.49. The maximum absolute atomic E-state index is 5.39. The van der Waals surface area contributed by atoms with Crippen molar-refractivity contribution < 1.29 is 0 Å². The van der Waals surface area contributed by atoms with Crippen molar-refractivity contribution in [3.8, 4) is 0 Å². The van der Waals surface area contributed by atoms with Crippen LogP contribution < -0.4 is 16.6 Å². The number of benzene rings is 1. The third-order valence-electron chi connectivity index (χ3n) is 2.39. The van der Waals surface area contributed by atoms with Crippen LogP contribution >= 0.6 is 0 Å². The number of nitrogens with zero attached hydrogens (tertiary/aromatic N) is 2. The highest BCUT2D eigenvalue weighted by Crippen LogP contribution is 2.21. The van der Waals surface area contributed by atoms with Gasteiger partial charge in [-0.05, 0) is 24.4 Å².